The number of benzene rings is 1. The number of nitrogens with zero attached hydrogens (tertiary/aromatic N) is 2. The van der Waals surface area contributed by atoms with Gasteiger partial charge in [-0.1, -0.05) is 0 Å². The molecule has 1 amide bonds. The van der Waals surface area contributed by atoms with E-state index in [1.54, 1.807) is 0 Å². The first-order valence-corrected chi connectivity index (χ1v) is 9.02. The number of aromatic amines is 1. The predicted octanol–water partition coefficient (Wildman–Crippen LogP) is 3.41. The van der Waals surface area contributed by atoms with Crippen molar-refractivity contribution in [2.75, 3.05) is 13.2 Å². The highest BCUT2D eigenvalue weighted by Crippen LogP contribution is 2.32. The van der Waals surface area contributed by atoms with Crippen molar-refractivity contribution in [3.63, 3.8) is 0 Å². The van der Waals surface area contributed by atoms with Crippen LogP contribution in [0.3, 0.4) is 0 Å². The van der Waals surface area contributed by atoms with Gasteiger partial charge in [0.2, 0.25) is 0 Å². The van der Waals surface area contributed by atoms with Gasteiger partial charge in [-0.25, -0.2) is 4.98 Å². The molecule has 2 fully saturated rings. The summed E-state index contributed by atoms with van der Waals surface area (Å²) in [7, 11) is 0. The fraction of sp³-hybridized carbons (Fsp3) is 0.579. The number of amides is 1. The van der Waals surface area contributed by atoms with Crippen LogP contribution in [0.5, 0.6) is 0 Å². The Morgan fingerprint density at radius 2 is 2.04 bits per heavy atom. The summed E-state index contributed by atoms with van der Waals surface area (Å²) in [5.74, 6) is 1.06. The Hall–Kier alpha value is -1.88. The van der Waals surface area contributed by atoms with Gasteiger partial charge in [0.1, 0.15) is 11.9 Å². The quantitative estimate of drug-likeness (QED) is 0.919. The van der Waals surface area contributed by atoms with E-state index in [2.05, 4.69) is 31.0 Å². The summed E-state index contributed by atoms with van der Waals surface area (Å²) in [5.41, 5.74) is 4.55. The molecule has 1 aromatic carbocycles. The molecular formula is C19H25N3O2. The fourth-order valence-corrected chi connectivity index (χ4v) is 3.88. The number of H-pyrrole nitrogens is 1. The number of piperidine rings is 1. The molecule has 0 radical (unpaired) electrons. The van der Waals surface area contributed by atoms with Crippen molar-refractivity contribution in [1.82, 2.24) is 14.9 Å². The second-order valence-electron chi connectivity index (χ2n) is 7.12. The molecule has 0 saturated carbocycles. The molecule has 0 aliphatic carbocycles. The van der Waals surface area contributed by atoms with E-state index in [4.69, 9.17) is 9.72 Å². The summed E-state index contributed by atoms with van der Waals surface area (Å²) in [6.07, 6.45) is 4.75. The first-order valence-electron chi connectivity index (χ1n) is 9.02. The fourth-order valence-electron chi connectivity index (χ4n) is 3.88. The lowest BCUT2D eigenvalue weighted by atomic mass is 10.0. The maximum Gasteiger partial charge on any atom is 0.252 e. The SMILES string of the molecule is Cc1cc2nc([C@@H]3CCCCN3C(=O)[C@H]3CCCO3)[nH]c2cc1C. The van der Waals surface area contributed by atoms with Crippen LogP contribution >= 0.6 is 0 Å². The first-order chi connectivity index (χ1) is 11.6. The van der Waals surface area contributed by atoms with Crippen LogP contribution in [-0.2, 0) is 9.53 Å². The van der Waals surface area contributed by atoms with Crippen molar-refractivity contribution in [2.24, 2.45) is 0 Å². The van der Waals surface area contributed by atoms with Crippen LogP contribution in [0.4, 0.5) is 0 Å². The molecule has 2 aliphatic heterocycles. The molecule has 5 heteroatoms. The van der Waals surface area contributed by atoms with E-state index in [1.165, 1.54) is 11.1 Å². The average Bonchev–Trinajstić information content (AvgIpc) is 3.24. The van der Waals surface area contributed by atoms with Gasteiger partial charge >= 0.3 is 0 Å². The number of nitrogens with one attached hydrogen (secondary N) is 1. The number of carbonyl (C=O) groups excluding carboxylic acids is 1. The Kier molecular flexibility index (Phi) is 4.04. The Labute approximate surface area is 142 Å². The molecule has 5 nitrogen and oxygen atoms in total. The van der Waals surface area contributed by atoms with Crippen molar-refractivity contribution in [1.29, 1.82) is 0 Å². The topological polar surface area (TPSA) is 58.2 Å². The average molecular weight is 327 g/mol. The molecule has 3 heterocycles. The number of likely N-dealkylation sites (tertiary alicyclic amines) is 1. The number of aromatic nitrogens is 2. The minimum atomic E-state index is -0.250. The molecule has 4 rings (SSSR count). The molecule has 2 saturated heterocycles. The van der Waals surface area contributed by atoms with Gasteiger partial charge in [0.15, 0.2) is 0 Å². The number of ether oxygens (including phenoxy) is 1. The van der Waals surface area contributed by atoms with Gasteiger partial charge in [-0.15, -0.1) is 0 Å². The van der Waals surface area contributed by atoms with E-state index in [1.807, 2.05) is 4.90 Å². The van der Waals surface area contributed by atoms with Crippen LogP contribution in [0, 0.1) is 13.8 Å². The van der Waals surface area contributed by atoms with Gasteiger partial charge in [-0.2, -0.15) is 0 Å². The molecule has 2 aliphatic rings. The zero-order valence-electron chi connectivity index (χ0n) is 14.5. The van der Waals surface area contributed by atoms with Gasteiger partial charge < -0.3 is 14.6 Å². The Bertz CT molecular complexity index is 722. The number of carbonyl (C=O) groups is 1. The van der Waals surface area contributed by atoms with Gasteiger partial charge in [-0.3, -0.25) is 4.79 Å². The molecule has 2 aromatic rings. The molecule has 0 bridgehead atoms. The molecule has 24 heavy (non-hydrogen) atoms. The highest BCUT2D eigenvalue weighted by Gasteiger charge is 2.35. The van der Waals surface area contributed by atoms with Gasteiger partial charge in [0.25, 0.3) is 5.91 Å². The molecule has 128 valence electrons. The second-order valence-corrected chi connectivity index (χ2v) is 7.12. The highest BCUT2D eigenvalue weighted by molar-refractivity contribution is 5.82. The Morgan fingerprint density at radius 3 is 2.83 bits per heavy atom. The lowest BCUT2D eigenvalue weighted by Gasteiger charge is -2.35. The summed E-state index contributed by atoms with van der Waals surface area (Å²) >= 11 is 0. The summed E-state index contributed by atoms with van der Waals surface area (Å²) in [5, 5.41) is 0. The summed E-state index contributed by atoms with van der Waals surface area (Å²) < 4.78 is 5.62. The third-order valence-corrected chi connectivity index (χ3v) is 5.42. The van der Waals surface area contributed by atoms with Gasteiger partial charge in [0, 0.05) is 13.2 Å². The van der Waals surface area contributed by atoms with E-state index in [-0.39, 0.29) is 18.1 Å². The molecular weight excluding hydrogens is 302 g/mol. The van der Waals surface area contributed by atoms with Crippen molar-refractivity contribution < 1.29 is 9.53 Å². The summed E-state index contributed by atoms with van der Waals surface area (Å²) in [6, 6.07) is 4.32. The zero-order valence-corrected chi connectivity index (χ0v) is 14.5. The number of hydrogen-bond donors (Lipinski definition) is 1. The molecule has 1 aromatic heterocycles. The van der Waals surface area contributed by atoms with Crippen molar-refractivity contribution in [3.8, 4) is 0 Å². The zero-order chi connectivity index (χ0) is 16.7. The number of aryl methyl sites for hydroxylation is 2. The summed E-state index contributed by atoms with van der Waals surface area (Å²) in [6.45, 7) is 5.73. The Morgan fingerprint density at radius 1 is 1.21 bits per heavy atom. The van der Waals surface area contributed by atoms with Crippen molar-refractivity contribution in [2.45, 2.75) is 58.1 Å². The minimum absolute atomic E-state index is 0.0449. The number of fused-ring (bicyclic) bond motifs is 1. The number of hydrogen-bond acceptors (Lipinski definition) is 3. The summed E-state index contributed by atoms with van der Waals surface area (Å²) in [4.78, 5) is 23.1. The number of rotatable bonds is 2. The van der Waals surface area contributed by atoms with Crippen molar-refractivity contribution >= 4 is 16.9 Å². The van der Waals surface area contributed by atoms with Gasteiger partial charge in [0.05, 0.1) is 17.1 Å². The van der Waals surface area contributed by atoms with Crippen LogP contribution in [0.1, 0.15) is 55.1 Å². The van der Waals surface area contributed by atoms with Crippen LogP contribution in [0.25, 0.3) is 11.0 Å². The third-order valence-electron chi connectivity index (χ3n) is 5.42. The maximum atomic E-state index is 12.9. The molecule has 2 atom stereocenters. The normalized spacial score (nSPS) is 24.7. The van der Waals surface area contributed by atoms with E-state index < -0.39 is 0 Å². The van der Waals surface area contributed by atoms with Crippen LogP contribution < -0.4 is 0 Å². The smallest absolute Gasteiger partial charge is 0.252 e. The lowest BCUT2D eigenvalue weighted by Crippen LogP contribution is -2.44. The second kappa shape index (κ2) is 6.20. The van der Waals surface area contributed by atoms with E-state index in [0.29, 0.717) is 6.61 Å². The maximum absolute atomic E-state index is 12.9. The van der Waals surface area contributed by atoms with E-state index >= 15 is 0 Å². The minimum Gasteiger partial charge on any atom is -0.368 e. The van der Waals surface area contributed by atoms with Crippen LogP contribution in [-0.4, -0.2) is 40.0 Å². The predicted molar refractivity (Wildman–Crippen MR) is 92.8 cm³/mol. The third kappa shape index (κ3) is 2.71. The van der Waals surface area contributed by atoms with Crippen LogP contribution in [0.2, 0.25) is 0 Å². The largest absolute Gasteiger partial charge is 0.368 e. The standard InChI is InChI=1S/C19H25N3O2/c1-12-10-14-15(11-13(12)2)21-18(20-14)16-6-3-4-8-22(16)19(23)17-7-5-9-24-17/h10-11,16-17H,3-9H2,1-2H3,(H,20,21)/t16-,17+/m0/s1. The monoisotopic (exact) mass is 327 g/mol. The van der Waals surface area contributed by atoms with Gasteiger partial charge in [-0.05, 0) is 69.2 Å². The van der Waals surface area contributed by atoms with E-state index in [9.17, 15) is 4.79 Å². The van der Waals surface area contributed by atoms with Crippen molar-refractivity contribution in [3.05, 3.63) is 29.1 Å². The molecule has 0 unspecified atom stereocenters. The Balaban J connectivity index is 1.66. The van der Waals surface area contributed by atoms with Crippen LogP contribution in [0.15, 0.2) is 12.1 Å². The highest BCUT2D eigenvalue weighted by atomic mass is 16.5. The molecule has 0 spiro atoms. The lowest BCUT2D eigenvalue weighted by molar-refractivity contribution is -0.145. The molecule has 1 N–H and O–H groups in total. The number of imidazole rings is 1. The van der Waals surface area contributed by atoms with E-state index in [0.717, 1.165) is 55.5 Å². The first kappa shape index (κ1) is 15.6.